The van der Waals surface area contributed by atoms with Crippen LogP contribution in [-0.4, -0.2) is 0 Å². The molecule has 2 heteroatoms. The van der Waals surface area contributed by atoms with Crippen molar-refractivity contribution < 1.29 is 4.42 Å². The highest BCUT2D eigenvalue weighted by atomic mass is 16.3. The lowest BCUT2D eigenvalue weighted by Crippen LogP contribution is -2.12. The van der Waals surface area contributed by atoms with Crippen LogP contribution in [0.1, 0.15) is 0 Å². The quantitative estimate of drug-likeness (QED) is 0.184. The summed E-state index contributed by atoms with van der Waals surface area (Å²) in [6.07, 6.45) is 0. The van der Waals surface area contributed by atoms with Gasteiger partial charge in [-0.2, -0.15) is 0 Å². The van der Waals surface area contributed by atoms with E-state index in [0.29, 0.717) is 0 Å². The summed E-state index contributed by atoms with van der Waals surface area (Å²) in [5.41, 5.74) is 12.2. The molecular weight excluding hydrogens is 558 g/mol. The molecule has 0 aliphatic carbocycles. The van der Waals surface area contributed by atoms with Gasteiger partial charge in [0.1, 0.15) is 11.3 Å². The van der Waals surface area contributed by atoms with Gasteiger partial charge in [-0.3, -0.25) is 0 Å². The second kappa shape index (κ2) is 12.1. The molecule has 0 saturated heterocycles. The average Bonchev–Trinajstić information content (AvgIpc) is 3.58. The second-order valence-corrected chi connectivity index (χ2v) is 11.4. The van der Waals surface area contributed by atoms with Gasteiger partial charge >= 0.3 is 0 Å². The van der Waals surface area contributed by atoms with Crippen LogP contribution in [0.15, 0.2) is 192 Å². The van der Waals surface area contributed by atoms with Crippen LogP contribution in [0.4, 0.5) is 17.1 Å². The Hall–Kier alpha value is -6.12. The summed E-state index contributed by atoms with van der Waals surface area (Å²) in [7, 11) is 0. The van der Waals surface area contributed by atoms with Gasteiger partial charge in [-0.15, -0.1) is 0 Å². The number of hydrogen-bond acceptors (Lipinski definition) is 2. The van der Waals surface area contributed by atoms with Crippen molar-refractivity contribution in [3.63, 3.8) is 0 Å². The minimum Gasteiger partial charge on any atom is -0.456 e. The highest BCUT2D eigenvalue weighted by Gasteiger charge is 2.21. The standard InChI is InChI=1S/C44H31NO/c1-3-14-32(15-4-1)35-19-13-20-36(30-35)33-26-28-38(29-27-33)45(41-23-10-8-21-39(41)34-16-5-2-6-17-34)42-24-11-9-22-40(42)44-31-37-18-7-12-25-43(37)46-44/h1-31H. The van der Waals surface area contributed by atoms with Crippen LogP contribution in [-0.2, 0) is 0 Å². The van der Waals surface area contributed by atoms with Crippen molar-refractivity contribution in [2.24, 2.45) is 0 Å². The van der Waals surface area contributed by atoms with Gasteiger partial charge in [0, 0.05) is 22.2 Å². The molecule has 0 bridgehead atoms. The normalized spacial score (nSPS) is 11.0. The lowest BCUT2D eigenvalue weighted by molar-refractivity contribution is 0.631. The van der Waals surface area contributed by atoms with E-state index in [0.717, 1.165) is 44.9 Å². The summed E-state index contributed by atoms with van der Waals surface area (Å²) >= 11 is 0. The summed E-state index contributed by atoms with van der Waals surface area (Å²) < 4.78 is 6.43. The third kappa shape index (κ3) is 5.27. The Kier molecular flexibility index (Phi) is 7.22. The molecule has 0 atom stereocenters. The van der Waals surface area contributed by atoms with Crippen molar-refractivity contribution in [1.82, 2.24) is 0 Å². The Morgan fingerprint density at radius 2 is 0.870 bits per heavy atom. The molecule has 0 aliphatic rings. The van der Waals surface area contributed by atoms with E-state index in [1.165, 1.54) is 27.8 Å². The minimum absolute atomic E-state index is 0.841. The van der Waals surface area contributed by atoms with Crippen LogP contribution in [0, 0.1) is 0 Å². The first-order valence-electron chi connectivity index (χ1n) is 15.6. The monoisotopic (exact) mass is 589 g/mol. The number of nitrogens with zero attached hydrogens (tertiary/aromatic N) is 1. The van der Waals surface area contributed by atoms with E-state index in [1.54, 1.807) is 0 Å². The Morgan fingerprint density at radius 3 is 1.57 bits per heavy atom. The molecule has 0 fully saturated rings. The predicted molar refractivity (Wildman–Crippen MR) is 193 cm³/mol. The maximum absolute atomic E-state index is 6.43. The molecule has 0 amide bonds. The molecule has 2 nitrogen and oxygen atoms in total. The fraction of sp³-hybridized carbons (Fsp3) is 0. The first kappa shape index (κ1) is 27.4. The second-order valence-electron chi connectivity index (χ2n) is 11.4. The molecule has 1 aromatic heterocycles. The van der Waals surface area contributed by atoms with Crippen molar-refractivity contribution in [3.05, 3.63) is 188 Å². The zero-order valence-corrected chi connectivity index (χ0v) is 25.3. The third-order valence-electron chi connectivity index (χ3n) is 8.49. The van der Waals surface area contributed by atoms with E-state index in [4.69, 9.17) is 4.42 Å². The van der Waals surface area contributed by atoms with Crippen molar-refractivity contribution in [1.29, 1.82) is 0 Å². The molecule has 0 spiro atoms. The lowest BCUT2D eigenvalue weighted by Gasteiger charge is -2.29. The first-order chi connectivity index (χ1) is 22.8. The topological polar surface area (TPSA) is 16.4 Å². The zero-order chi connectivity index (χ0) is 30.7. The molecule has 0 unspecified atom stereocenters. The molecule has 218 valence electrons. The van der Waals surface area contributed by atoms with Crippen LogP contribution in [0.5, 0.6) is 0 Å². The summed E-state index contributed by atoms with van der Waals surface area (Å²) in [5.74, 6) is 0.841. The van der Waals surface area contributed by atoms with E-state index >= 15 is 0 Å². The Morgan fingerprint density at radius 1 is 0.348 bits per heavy atom. The molecule has 7 aromatic carbocycles. The van der Waals surface area contributed by atoms with Crippen LogP contribution in [0.2, 0.25) is 0 Å². The Labute approximate surface area is 269 Å². The molecule has 46 heavy (non-hydrogen) atoms. The Balaban J connectivity index is 1.28. The third-order valence-corrected chi connectivity index (χ3v) is 8.49. The molecule has 0 saturated carbocycles. The van der Waals surface area contributed by atoms with Crippen molar-refractivity contribution >= 4 is 28.0 Å². The zero-order valence-electron chi connectivity index (χ0n) is 25.3. The van der Waals surface area contributed by atoms with Gasteiger partial charge in [0.05, 0.1) is 11.4 Å². The highest BCUT2D eigenvalue weighted by Crippen LogP contribution is 2.45. The highest BCUT2D eigenvalue weighted by molar-refractivity contribution is 5.94. The van der Waals surface area contributed by atoms with Gasteiger partial charge in [-0.25, -0.2) is 0 Å². The predicted octanol–water partition coefficient (Wildman–Crippen LogP) is 12.6. The van der Waals surface area contributed by atoms with Crippen LogP contribution < -0.4 is 4.90 Å². The summed E-state index contributed by atoms with van der Waals surface area (Å²) in [6, 6.07) is 66.2. The van der Waals surface area contributed by atoms with Crippen LogP contribution in [0.3, 0.4) is 0 Å². The van der Waals surface area contributed by atoms with Gasteiger partial charge in [0.15, 0.2) is 0 Å². The number of rotatable bonds is 7. The molecule has 0 aliphatic heterocycles. The molecular formula is C44H31NO. The maximum atomic E-state index is 6.43. The van der Waals surface area contributed by atoms with Gasteiger partial charge in [-0.1, -0.05) is 140 Å². The van der Waals surface area contributed by atoms with Gasteiger partial charge in [0.2, 0.25) is 0 Å². The van der Waals surface area contributed by atoms with Gasteiger partial charge in [-0.05, 0) is 76.3 Å². The average molecular weight is 590 g/mol. The van der Waals surface area contributed by atoms with Gasteiger partial charge < -0.3 is 9.32 Å². The minimum atomic E-state index is 0.841. The number of benzene rings is 7. The fourth-order valence-corrected chi connectivity index (χ4v) is 6.24. The number of fused-ring (bicyclic) bond motifs is 1. The van der Waals surface area contributed by atoms with E-state index in [1.807, 2.05) is 18.2 Å². The Bertz CT molecular complexity index is 2220. The van der Waals surface area contributed by atoms with Crippen LogP contribution in [0.25, 0.3) is 55.7 Å². The van der Waals surface area contributed by atoms with Crippen molar-refractivity contribution in [2.45, 2.75) is 0 Å². The smallest absolute Gasteiger partial charge is 0.137 e. The SMILES string of the molecule is c1ccc(-c2cccc(-c3ccc(N(c4ccccc4-c4ccccc4)c4ccccc4-c4cc5ccccc5o4)cc3)c2)cc1. The van der Waals surface area contributed by atoms with Crippen LogP contribution >= 0.6 is 0 Å². The summed E-state index contributed by atoms with van der Waals surface area (Å²) in [6.45, 7) is 0. The van der Waals surface area contributed by atoms with E-state index in [2.05, 4.69) is 175 Å². The van der Waals surface area contributed by atoms with E-state index in [9.17, 15) is 0 Å². The molecule has 8 rings (SSSR count). The van der Waals surface area contributed by atoms with Crippen molar-refractivity contribution in [3.8, 4) is 44.7 Å². The van der Waals surface area contributed by atoms with Crippen molar-refractivity contribution in [2.75, 3.05) is 4.90 Å². The summed E-state index contributed by atoms with van der Waals surface area (Å²) in [5, 5.41) is 1.09. The molecule has 0 N–H and O–H groups in total. The van der Waals surface area contributed by atoms with Gasteiger partial charge in [0.25, 0.3) is 0 Å². The maximum Gasteiger partial charge on any atom is 0.137 e. The first-order valence-corrected chi connectivity index (χ1v) is 15.6. The molecule has 1 heterocycles. The van der Waals surface area contributed by atoms with E-state index < -0.39 is 0 Å². The lowest BCUT2D eigenvalue weighted by atomic mass is 9.98. The largest absolute Gasteiger partial charge is 0.456 e. The number of anilines is 3. The molecule has 0 radical (unpaired) electrons. The number of hydrogen-bond donors (Lipinski definition) is 0. The number of para-hydroxylation sites is 3. The van der Waals surface area contributed by atoms with E-state index in [-0.39, 0.29) is 0 Å². The molecule has 8 aromatic rings. The fourth-order valence-electron chi connectivity index (χ4n) is 6.24. The summed E-state index contributed by atoms with van der Waals surface area (Å²) in [4.78, 5) is 2.36. The number of furan rings is 1.